The Morgan fingerprint density at radius 2 is 2.13 bits per heavy atom. The van der Waals surface area contributed by atoms with E-state index in [0.29, 0.717) is 5.69 Å². The number of hydrogen-bond acceptors (Lipinski definition) is 7. The maximum atomic E-state index is 11.9. The highest BCUT2D eigenvalue weighted by molar-refractivity contribution is 7.92. The van der Waals surface area contributed by atoms with Gasteiger partial charge in [0.05, 0.1) is 18.1 Å². The van der Waals surface area contributed by atoms with Gasteiger partial charge < -0.3 is 0 Å². The Kier molecular flexibility index (Phi) is 4.76. The third-order valence-corrected chi connectivity index (χ3v) is 5.74. The average Bonchev–Trinajstić information content (AvgIpc) is 3.00. The van der Waals surface area contributed by atoms with Crippen LogP contribution in [-0.2, 0) is 21.2 Å². The lowest BCUT2D eigenvalue weighted by atomic mass is 10.1. The molecule has 2 N–H and O–H groups in total. The summed E-state index contributed by atoms with van der Waals surface area (Å²) in [6, 6.07) is 0. The molecule has 0 aromatic carbocycles. The summed E-state index contributed by atoms with van der Waals surface area (Å²) in [7, 11) is -3.73. The summed E-state index contributed by atoms with van der Waals surface area (Å²) in [5.74, 6) is -0.971. The van der Waals surface area contributed by atoms with Gasteiger partial charge in [0.15, 0.2) is 14.6 Å². The van der Waals surface area contributed by atoms with E-state index in [0.717, 1.165) is 11.8 Å². The van der Waals surface area contributed by atoms with Crippen LogP contribution in [-0.4, -0.2) is 50.3 Å². The predicted octanol–water partition coefficient (Wildman–Crippen LogP) is 0.0389. The molecule has 2 aromatic rings. The first-order valence-electron chi connectivity index (χ1n) is 6.71. The highest BCUT2D eigenvalue weighted by Gasteiger charge is 2.43. The molecule has 0 fully saturated rings. The van der Waals surface area contributed by atoms with Crippen molar-refractivity contribution in [2.45, 2.75) is 24.6 Å². The standard InChI is InChI=1S/C13H17N5O4S/c1-13(12(19)17-20,23(2,21)22)3-6-18-9-10(7-16-18)11-8-14-4-5-15-11/h4-5,7-9,20H,3,6H2,1-2H3,(H,17,19). The van der Waals surface area contributed by atoms with Gasteiger partial charge in [-0.2, -0.15) is 5.10 Å². The minimum Gasteiger partial charge on any atom is -0.289 e. The van der Waals surface area contributed by atoms with E-state index >= 15 is 0 Å². The Bertz CT molecular complexity index is 790. The number of amides is 1. The second kappa shape index (κ2) is 6.42. The molecule has 0 saturated carbocycles. The van der Waals surface area contributed by atoms with Crippen LogP contribution in [0.2, 0.25) is 0 Å². The molecule has 0 bridgehead atoms. The highest BCUT2D eigenvalue weighted by atomic mass is 32.2. The normalized spacial score (nSPS) is 14.2. The molecule has 1 atom stereocenters. The summed E-state index contributed by atoms with van der Waals surface area (Å²) >= 11 is 0. The Hall–Kier alpha value is -2.33. The zero-order valence-corrected chi connectivity index (χ0v) is 13.5. The van der Waals surface area contributed by atoms with Crippen LogP contribution < -0.4 is 5.48 Å². The second-order valence-corrected chi connectivity index (χ2v) is 7.72. The summed E-state index contributed by atoms with van der Waals surface area (Å²) < 4.78 is 23.5. The fourth-order valence-electron chi connectivity index (χ4n) is 1.98. The molecule has 124 valence electrons. The van der Waals surface area contributed by atoms with Crippen molar-refractivity contribution in [1.82, 2.24) is 25.2 Å². The van der Waals surface area contributed by atoms with E-state index in [9.17, 15) is 13.2 Å². The summed E-state index contributed by atoms with van der Waals surface area (Å²) in [5.41, 5.74) is 2.78. The molecule has 0 aliphatic carbocycles. The molecule has 9 nitrogen and oxygen atoms in total. The summed E-state index contributed by atoms with van der Waals surface area (Å²) in [4.78, 5) is 19.8. The fourth-order valence-corrected chi connectivity index (χ4v) is 2.82. The van der Waals surface area contributed by atoms with Crippen LogP contribution in [0, 0.1) is 0 Å². The smallest absolute Gasteiger partial charge is 0.264 e. The number of sulfone groups is 1. The SMILES string of the molecule is CC(CCn1cc(-c2cnccn2)cn1)(C(=O)NO)S(C)(=O)=O. The molecule has 0 aliphatic rings. The van der Waals surface area contributed by atoms with Crippen molar-refractivity contribution >= 4 is 15.7 Å². The first-order valence-corrected chi connectivity index (χ1v) is 8.60. The maximum Gasteiger partial charge on any atom is 0.264 e. The van der Waals surface area contributed by atoms with Crippen molar-refractivity contribution in [3.63, 3.8) is 0 Å². The van der Waals surface area contributed by atoms with Crippen molar-refractivity contribution in [1.29, 1.82) is 0 Å². The number of carbonyl (C=O) groups excluding carboxylic acids is 1. The molecule has 0 radical (unpaired) electrons. The van der Waals surface area contributed by atoms with Gasteiger partial charge in [-0.3, -0.25) is 24.7 Å². The Balaban J connectivity index is 2.17. The zero-order valence-electron chi connectivity index (χ0n) is 12.7. The van der Waals surface area contributed by atoms with Crippen molar-refractivity contribution in [3.8, 4) is 11.3 Å². The monoisotopic (exact) mass is 339 g/mol. The highest BCUT2D eigenvalue weighted by Crippen LogP contribution is 2.22. The first kappa shape index (κ1) is 17.0. The fraction of sp³-hybridized carbons (Fsp3) is 0.385. The lowest BCUT2D eigenvalue weighted by molar-refractivity contribution is -0.131. The molecule has 2 heterocycles. The summed E-state index contributed by atoms with van der Waals surface area (Å²) in [5, 5.41) is 12.9. The lowest BCUT2D eigenvalue weighted by Crippen LogP contribution is -2.49. The van der Waals surface area contributed by atoms with Crippen LogP contribution in [0.15, 0.2) is 31.0 Å². The molecule has 10 heteroatoms. The molecule has 0 saturated heterocycles. The number of aryl methyl sites for hydroxylation is 1. The molecular formula is C13H17N5O4S. The van der Waals surface area contributed by atoms with Gasteiger partial charge in [-0.1, -0.05) is 0 Å². The maximum absolute atomic E-state index is 11.9. The number of nitrogens with one attached hydrogen (secondary N) is 1. The van der Waals surface area contributed by atoms with Crippen LogP contribution >= 0.6 is 0 Å². The zero-order chi connectivity index (χ0) is 17.1. The Labute approximate surface area is 133 Å². The van der Waals surface area contributed by atoms with Gasteiger partial charge >= 0.3 is 0 Å². The number of carbonyl (C=O) groups is 1. The number of hydrogen-bond donors (Lipinski definition) is 2. The Morgan fingerprint density at radius 1 is 1.39 bits per heavy atom. The first-order chi connectivity index (χ1) is 10.8. The van der Waals surface area contributed by atoms with Crippen molar-refractivity contribution in [2.75, 3.05) is 6.26 Å². The van der Waals surface area contributed by atoms with Crippen molar-refractivity contribution in [2.24, 2.45) is 0 Å². The average molecular weight is 339 g/mol. The molecule has 23 heavy (non-hydrogen) atoms. The molecule has 0 aliphatic heterocycles. The third kappa shape index (κ3) is 3.54. The van der Waals surface area contributed by atoms with Gasteiger partial charge in [0.25, 0.3) is 5.91 Å². The molecule has 2 aromatic heterocycles. The summed E-state index contributed by atoms with van der Waals surface area (Å²) in [6.07, 6.45) is 8.87. The van der Waals surface area contributed by atoms with E-state index in [1.807, 2.05) is 0 Å². The van der Waals surface area contributed by atoms with Crippen LogP contribution in [0.3, 0.4) is 0 Å². The van der Waals surface area contributed by atoms with E-state index in [2.05, 4.69) is 15.1 Å². The molecule has 0 spiro atoms. The van der Waals surface area contributed by atoms with Crippen LogP contribution in [0.5, 0.6) is 0 Å². The lowest BCUT2D eigenvalue weighted by Gasteiger charge is -2.24. The predicted molar refractivity (Wildman–Crippen MR) is 81.0 cm³/mol. The topological polar surface area (TPSA) is 127 Å². The van der Waals surface area contributed by atoms with Gasteiger partial charge in [-0.25, -0.2) is 13.9 Å². The molecular weight excluding hydrogens is 322 g/mol. The van der Waals surface area contributed by atoms with E-state index in [-0.39, 0.29) is 13.0 Å². The van der Waals surface area contributed by atoms with Crippen LogP contribution in [0.4, 0.5) is 0 Å². The van der Waals surface area contributed by atoms with Crippen molar-refractivity contribution in [3.05, 3.63) is 31.0 Å². The van der Waals surface area contributed by atoms with Gasteiger partial charge in [-0.05, 0) is 13.3 Å². The van der Waals surface area contributed by atoms with Crippen LogP contribution in [0.25, 0.3) is 11.3 Å². The number of nitrogens with zero attached hydrogens (tertiary/aromatic N) is 4. The van der Waals surface area contributed by atoms with Gasteiger partial charge in [0.1, 0.15) is 0 Å². The van der Waals surface area contributed by atoms with Gasteiger partial charge in [0, 0.05) is 37.0 Å². The second-order valence-electron chi connectivity index (χ2n) is 5.28. The number of rotatable bonds is 6. The van der Waals surface area contributed by atoms with Crippen molar-refractivity contribution < 1.29 is 18.4 Å². The van der Waals surface area contributed by atoms with Gasteiger partial charge in [-0.15, -0.1) is 0 Å². The summed E-state index contributed by atoms with van der Waals surface area (Å²) in [6.45, 7) is 1.44. The number of aromatic nitrogens is 4. The largest absolute Gasteiger partial charge is 0.289 e. The van der Waals surface area contributed by atoms with E-state index < -0.39 is 20.5 Å². The minimum absolute atomic E-state index is 0.0419. The Morgan fingerprint density at radius 3 is 2.70 bits per heavy atom. The molecule has 1 amide bonds. The quantitative estimate of drug-likeness (QED) is 0.562. The van der Waals surface area contributed by atoms with E-state index in [1.54, 1.807) is 31.0 Å². The molecule has 2 rings (SSSR count). The minimum atomic E-state index is -3.73. The number of hydroxylamine groups is 1. The third-order valence-electron chi connectivity index (χ3n) is 3.71. The van der Waals surface area contributed by atoms with Crippen LogP contribution in [0.1, 0.15) is 13.3 Å². The van der Waals surface area contributed by atoms with Gasteiger partial charge in [0.2, 0.25) is 0 Å². The van der Waals surface area contributed by atoms with E-state index in [4.69, 9.17) is 5.21 Å². The van der Waals surface area contributed by atoms with E-state index in [1.165, 1.54) is 17.1 Å². The molecule has 1 unspecified atom stereocenters.